The molecule has 0 saturated carbocycles. The first-order valence-corrected chi connectivity index (χ1v) is 9.53. The van der Waals surface area contributed by atoms with Gasteiger partial charge in [0.1, 0.15) is 17.3 Å². The number of hydrogen-bond donors (Lipinski definition) is 1. The lowest BCUT2D eigenvalue weighted by Gasteiger charge is -2.26. The number of carbonyl (C=O) groups excluding carboxylic acids is 1. The number of nitrogens with zero attached hydrogens (tertiary/aromatic N) is 2. The summed E-state index contributed by atoms with van der Waals surface area (Å²) in [5, 5.41) is 7.22. The smallest absolute Gasteiger partial charge is 0.277 e. The van der Waals surface area contributed by atoms with Gasteiger partial charge in [0, 0.05) is 22.4 Å². The monoisotopic (exact) mass is 401 g/mol. The zero-order valence-corrected chi connectivity index (χ0v) is 16.1. The molecule has 1 atom stereocenters. The Morgan fingerprint density at radius 2 is 1.63 bits per heavy atom. The van der Waals surface area contributed by atoms with Crippen LogP contribution >= 0.6 is 0 Å². The summed E-state index contributed by atoms with van der Waals surface area (Å²) in [7, 11) is 0. The molecular formula is C24H17F2N3O. The summed E-state index contributed by atoms with van der Waals surface area (Å²) in [5.41, 5.74) is 4.27. The maximum atomic E-state index is 14.9. The van der Waals surface area contributed by atoms with E-state index in [0.717, 1.165) is 11.1 Å². The molecule has 0 spiro atoms. The molecule has 5 rings (SSSR count). The number of carbonyl (C=O) groups is 1. The summed E-state index contributed by atoms with van der Waals surface area (Å²) in [6.07, 6.45) is 0. The number of aromatic amines is 1. The highest BCUT2D eigenvalue weighted by Crippen LogP contribution is 2.45. The fourth-order valence-corrected chi connectivity index (χ4v) is 3.94. The lowest BCUT2D eigenvalue weighted by Crippen LogP contribution is -2.29. The van der Waals surface area contributed by atoms with E-state index in [2.05, 4.69) is 10.2 Å². The number of aromatic nitrogens is 2. The molecule has 0 saturated heterocycles. The lowest BCUT2D eigenvalue weighted by atomic mass is 9.95. The van der Waals surface area contributed by atoms with Crippen LogP contribution in [0.25, 0.3) is 11.3 Å². The third kappa shape index (κ3) is 2.80. The number of benzene rings is 3. The van der Waals surface area contributed by atoms with Crippen molar-refractivity contribution >= 4 is 11.6 Å². The second-order valence-corrected chi connectivity index (χ2v) is 7.30. The Kier molecular flexibility index (Phi) is 4.20. The van der Waals surface area contributed by atoms with Gasteiger partial charge in [0.05, 0.1) is 11.7 Å². The van der Waals surface area contributed by atoms with Gasteiger partial charge in [0.2, 0.25) is 0 Å². The Morgan fingerprint density at radius 1 is 0.933 bits per heavy atom. The van der Waals surface area contributed by atoms with Crippen molar-refractivity contribution in [3.8, 4) is 11.3 Å². The van der Waals surface area contributed by atoms with Crippen LogP contribution in [-0.4, -0.2) is 16.1 Å². The Bertz CT molecular complexity index is 1250. The van der Waals surface area contributed by atoms with E-state index >= 15 is 0 Å². The molecule has 2 heterocycles. The number of nitrogens with one attached hydrogen (secondary N) is 1. The summed E-state index contributed by atoms with van der Waals surface area (Å²) in [6, 6.07) is 19.0. The number of rotatable bonds is 3. The van der Waals surface area contributed by atoms with E-state index in [1.54, 1.807) is 18.2 Å². The number of aryl methyl sites for hydroxylation is 1. The standard InChI is InChI=1S/C24H17F2N3O/c1-14-6-8-15(9-7-14)21-20-22(28-27-21)24(30)29(17-12-10-16(25)11-13-17)23(20)18-4-2-3-5-19(18)26/h2-13,23H,1H3,(H,27,28)/t23-/m0/s1. The van der Waals surface area contributed by atoms with E-state index in [1.165, 1.54) is 35.2 Å². The minimum atomic E-state index is -0.728. The molecule has 6 heteroatoms. The summed E-state index contributed by atoms with van der Waals surface area (Å²) in [6.45, 7) is 1.99. The second-order valence-electron chi connectivity index (χ2n) is 7.30. The van der Waals surface area contributed by atoms with Crippen molar-refractivity contribution in [2.75, 3.05) is 4.90 Å². The molecule has 3 aromatic carbocycles. The van der Waals surface area contributed by atoms with Crippen LogP contribution in [0.5, 0.6) is 0 Å². The molecule has 1 amide bonds. The highest BCUT2D eigenvalue weighted by Gasteiger charge is 2.44. The highest BCUT2D eigenvalue weighted by molar-refractivity contribution is 6.11. The lowest BCUT2D eigenvalue weighted by molar-refractivity contribution is 0.0988. The van der Waals surface area contributed by atoms with Gasteiger partial charge in [-0.2, -0.15) is 5.10 Å². The molecule has 4 aromatic rings. The predicted molar refractivity (Wildman–Crippen MR) is 110 cm³/mol. The molecule has 4 nitrogen and oxygen atoms in total. The van der Waals surface area contributed by atoms with Crippen LogP contribution in [-0.2, 0) is 0 Å². The van der Waals surface area contributed by atoms with Gasteiger partial charge in [0.15, 0.2) is 0 Å². The number of amides is 1. The van der Waals surface area contributed by atoms with E-state index in [1.807, 2.05) is 31.2 Å². The van der Waals surface area contributed by atoms with Crippen LogP contribution in [0.4, 0.5) is 14.5 Å². The van der Waals surface area contributed by atoms with E-state index in [4.69, 9.17) is 0 Å². The summed E-state index contributed by atoms with van der Waals surface area (Å²) in [5.74, 6) is -1.17. The van der Waals surface area contributed by atoms with Crippen LogP contribution in [0.1, 0.15) is 33.2 Å². The maximum absolute atomic E-state index is 14.9. The molecule has 0 unspecified atom stereocenters. The van der Waals surface area contributed by atoms with Gasteiger partial charge in [0.25, 0.3) is 5.91 Å². The Morgan fingerprint density at radius 3 is 2.33 bits per heavy atom. The Balaban J connectivity index is 1.74. The maximum Gasteiger partial charge on any atom is 0.277 e. The number of halogens is 2. The van der Waals surface area contributed by atoms with E-state index in [-0.39, 0.29) is 5.91 Å². The second kappa shape index (κ2) is 6.91. The predicted octanol–water partition coefficient (Wildman–Crippen LogP) is 5.41. The van der Waals surface area contributed by atoms with Crippen LogP contribution in [0.3, 0.4) is 0 Å². The van der Waals surface area contributed by atoms with E-state index in [9.17, 15) is 13.6 Å². The van der Waals surface area contributed by atoms with Crippen LogP contribution in [0, 0.1) is 18.6 Å². The molecule has 30 heavy (non-hydrogen) atoms. The summed E-state index contributed by atoms with van der Waals surface area (Å²) < 4.78 is 28.4. The van der Waals surface area contributed by atoms with Gasteiger partial charge in [-0.3, -0.25) is 14.8 Å². The average molecular weight is 401 g/mol. The van der Waals surface area contributed by atoms with Crippen molar-refractivity contribution in [2.24, 2.45) is 0 Å². The van der Waals surface area contributed by atoms with Gasteiger partial charge in [-0.15, -0.1) is 0 Å². The third-order valence-electron chi connectivity index (χ3n) is 5.40. The number of fused-ring (bicyclic) bond motifs is 1. The molecule has 0 radical (unpaired) electrons. The number of hydrogen-bond acceptors (Lipinski definition) is 2. The number of H-pyrrole nitrogens is 1. The first-order valence-electron chi connectivity index (χ1n) is 9.53. The number of anilines is 1. The zero-order chi connectivity index (χ0) is 20.8. The molecule has 0 aliphatic carbocycles. The van der Waals surface area contributed by atoms with Gasteiger partial charge < -0.3 is 0 Å². The van der Waals surface area contributed by atoms with Gasteiger partial charge in [-0.1, -0.05) is 48.0 Å². The van der Waals surface area contributed by atoms with Crippen molar-refractivity contribution in [3.63, 3.8) is 0 Å². The Hall–Kier alpha value is -3.80. The van der Waals surface area contributed by atoms with Crippen molar-refractivity contribution in [1.82, 2.24) is 10.2 Å². The van der Waals surface area contributed by atoms with Crippen molar-refractivity contribution in [3.05, 3.63) is 107 Å². The fourth-order valence-electron chi connectivity index (χ4n) is 3.94. The fraction of sp³-hybridized carbons (Fsp3) is 0.0833. The van der Waals surface area contributed by atoms with Gasteiger partial charge in [-0.05, 0) is 37.3 Å². The van der Waals surface area contributed by atoms with Crippen LogP contribution < -0.4 is 4.90 Å². The molecule has 1 N–H and O–H groups in total. The Labute approximate surface area is 171 Å². The summed E-state index contributed by atoms with van der Waals surface area (Å²) in [4.78, 5) is 14.8. The SMILES string of the molecule is Cc1ccc(-c2n[nH]c3c2[C@H](c2ccccc2F)N(c2ccc(F)cc2)C3=O)cc1. The van der Waals surface area contributed by atoms with E-state index < -0.39 is 17.7 Å². The largest absolute Gasteiger partial charge is 0.295 e. The first kappa shape index (κ1) is 18.2. The normalized spacial score (nSPS) is 15.5. The molecule has 148 valence electrons. The van der Waals surface area contributed by atoms with Crippen molar-refractivity contribution in [1.29, 1.82) is 0 Å². The topological polar surface area (TPSA) is 49.0 Å². The molecule has 1 aromatic heterocycles. The zero-order valence-electron chi connectivity index (χ0n) is 16.1. The molecule has 1 aliphatic heterocycles. The van der Waals surface area contributed by atoms with E-state index in [0.29, 0.717) is 28.2 Å². The molecule has 0 fully saturated rings. The van der Waals surface area contributed by atoms with Gasteiger partial charge >= 0.3 is 0 Å². The summed E-state index contributed by atoms with van der Waals surface area (Å²) >= 11 is 0. The third-order valence-corrected chi connectivity index (χ3v) is 5.40. The van der Waals surface area contributed by atoms with Gasteiger partial charge in [-0.25, -0.2) is 8.78 Å². The highest BCUT2D eigenvalue weighted by atomic mass is 19.1. The van der Waals surface area contributed by atoms with Crippen molar-refractivity contribution in [2.45, 2.75) is 13.0 Å². The molecule has 1 aliphatic rings. The minimum Gasteiger partial charge on any atom is -0.295 e. The molecule has 0 bridgehead atoms. The quantitative estimate of drug-likeness (QED) is 0.499. The average Bonchev–Trinajstić information content (AvgIpc) is 3.29. The molecular weight excluding hydrogens is 384 g/mol. The minimum absolute atomic E-state index is 0.308. The van der Waals surface area contributed by atoms with Crippen LogP contribution in [0.2, 0.25) is 0 Å². The van der Waals surface area contributed by atoms with Crippen LogP contribution in [0.15, 0.2) is 72.8 Å². The van der Waals surface area contributed by atoms with Crippen molar-refractivity contribution < 1.29 is 13.6 Å². The first-order chi connectivity index (χ1) is 14.5.